The summed E-state index contributed by atoms with van der Waals surface area (Å²) in [5, 5.41) is 2.39. The fraction of sp³-hybridized carbons (Fsp3) is 0.263. The number of rotatable bonds is 2. The van der Waals surface area contributed by atoms with E-state index in [-0.39, 0.29) is 0 Å². The van der Waals surface area contributed by atoms with Gasteiger partial charge in [0, 0.05) is 17.3 Å². The van der Waals surface area contributed by atoms with Crippen LogP contribution in [-0.4, -0.2) is 9.97 Å². The minimum absolute atomic E-state index is 0.533. The molecule has 2 aromatic heterocycles. The summed E-state index contributed by atoms with van der Waals surface area (Å²) in [6, 6.07) is 12.9. The van der Waals surface area contributed by atoms with Crippen LogP contribution in [0.25, 0.3) is 22.2 Å². The molecule has 0 fully saturated rings. The molecule has 1 aromatic carbocycles. The summed E-state index contributed by atoms with van der Waals surface area (Å²) < 4.78 is 0. The summed E-state index contributed by atoms with van der Waals surface area (Å²) in [5.41, 5.74) is 5.52. The van der Waals surface area contributed by atoms with Crippen LogP contribution in [0.3, 0.4) is 0 Å². The maximum absolute atomic E-state index is 4.65. The van der Waals surface area contributed by atoms with E-state index in [0.29, 0.717) is 5.92 Å². The number of hydrogen-bond acceptors (Lipinski definition) is 2. The van der Waals surface area contributed by atoms with Crippen LogP contribution in [0.4, 0.5) is 0 Å². The zero-order valence-corrected chi connectivity index (χ0v) is 13.0. The molecule has 0 aliphatic heterocycles. The SMILES string of the molecule is Cc1cc(C)nc(-c2nccc3cc(C(C)C)ccc23)c1. The molecule has 0 amide bonds. The van der Waals surface area contributed by atoms with Crippen LogP contribution < -0.4 is 0 Å². The third-order valence-electron chi connectivity index (χ3n) is 3.80. The topological polar surface area (TPSA) is 25.8 Å². The molecule has 0 N–H and O–H groups in total. The van der Waals surface area contributed by atoms with Gasteiger partial charge in [-0.3, -0.25) is 9.97 Å². The largest absolute Gasteiger partial charge is 0.254 e. The highest BCUT2D eigenvalue weighted by atomic mass is 14.8. The first kappa shape index (κ1) is 13.7. The molecular weight excluding hydrogens is 256 g/mol. The second-order valence-corrected chi connectivity index (χ2v) is 5.97. The van der Waals surface area contributed by atoms with E-state index >= 15 is 0 Å². The normalized spacial score (nSPS) is 11.3. The van der Waals surface area contributed by atoms with Crippen molar-refractivity contribution in [3.05, 3.63) is 59.4 Å². The van der Waals surface area contributed by atoms with Crippen LogP contribution in [0.2, 0.25) is 0 Å². The number of aromatic nitrogens is 2. The second kappa shape index (κ2) is 5.28. The molecule has 0 bridgehead atoms. The highest BCUT2D eigenvalue weighted by Gasteiger charge is 2.09. The van der Waals surface area contributed by atoms with Crippen molar-refractivity contribution in [1.82, 2.24) is 9.97 Å². The molecule has 2 nitrogen and oxygen atoms in total. The summed E-state index contributed by atoms with van der Waals surface area (Å²) in [4.78, 5) is 9.22. The Morgan fingerprint density at radius 2 is 1.76 bits per heavy atom. The second-order valence-electron chi connectivity index (χ2n) is 5.97. The molecule has 0 atom stereocenters. The van der Waals surface area contributed by atoms with Crippen LogP contribution in [0, 0.1) is 13.8 Å². The Kier molecular flexibility index (Phi) is 3.46. The Balaban J connectivity index is 2.23. The predicted molar refractivity (Wildman–Crippen MR) is 88.5 cm³/mol. The van der Waals surface area contributed by atoms with Crippen molar-refractivity contribution in [1.29, 1.82) is 0 Å². The average Bonchev–Trinajstić information content (AvgIpc) is 2.45. The fourth-order valence-electron chi connectivity index (χ4n) is 2.72. The van der Waals surface area contributed by atoms with E-state index < -0.39 is 0 Å². The van der Waals surface area contributed by atoms with Gasteiger partial charge in [0.05, 0.1) is 11.4 Å². The van der Waals surface area contributed by atoms with E-state index in [9.17, 15) is 0 Å². The smallest absolute Gasteiger partial charge is 0.0964 e. The molecule has 0 aliphatic rings. The lowest BCUT2D eigenvalue weighted by atomic mass is 9.98. The fourth-order valence-corrected chi connectivity index (χ4v) is 2.72. The Morgan fingerprint density at radius 1 is 0.952 bits per heavy atom. The molecular formula is C19H20N2. The maximum Gasteiger partial charge on any atom is 0.0964 e. The van der Waals surface area contributed by atoms with Crippen molar-refractivity contribution in [3.8, 4) is 11.4 Å². The lowest BCUT2D eigenvalue weighted by Crippen LogP contribution is -1.94. The minimum atomic E-state index is 0.533. The van der Waals surface area contributed by atoms with Gasteiger partial charge in [-0.25, -0.2) is 0 Å². The van der Waals surface area contributed by atoms with Gasteiger partial charge in [-0.05, 0) is 54.5 Å². The summed E-state index contributed by atoms with van der Waals surface area (Å²) >= 11 is 0. The van der Waals surface area contributed by atoms with E-state index in [1.807, 2.05) is 13.1 Å². The third-order valence-corrected chi connectivity index (χ3v) is 3.80. The summed E-state index contributed by atoms with van der Waals surface area (Å²) in [6.07, 6.45) is 1.88. The average molecular weight is 276 g/mol. The van der Waals surface area contributed by atoms with Gasteiger partial charge in [0.25, 0.3) is 0 Å². The molecule has 2 heterocycles. The van der Waals surface area contributed by atoms with Crippen LogP contribution in [0.1, 0.15) is 36.6 Å². The lowest BCUT2D eigenvalue weighted by molar-refractivity contribution is 0.869. The lowest BCUT2D eigenvalue weighted by Gasteiger charge is -2.10. The Morgan fingerprint density at radius 3 is 2.48 bits per heavy atom. The van der Waals surface area contributed by atoms with E-state index in [2.05, 4.69) is 67.1 Å². The Bertz CT molecular complexity index is 784. The zero-order chi connectivity index (χ0) is 15.0. The molecule has 3 rings (SSSR count). The van der Waals surface area contributed by atoms with Crippen LogP contribution in [0.15, 0.2) is 42.6 Å². The van der Waals surface area contributed by atoms with Gasteiger partial charge in [0.15, 0.2) is 0 Å². The molecule has 0 saturated heterocycles. The van der Waals surface area contributed by atoms with Gasteiger partial charge in [-0.1, -0.05) is 32.0 Å². The molecule has 106 valence electrons. The molecule has 0 unspecified atom stereocenters. The maximum atomic E-state index is 4.65. The highest BCUT2D eigenvalue weighted by Crippen LogP contribution is 2.28. The molecule has 21 heavy (non-hydrogen) atoms. The number of hydrogen-bond donors (Lipinski definition) is 0. The van der Waals surface area contributed by atoms with E-state index in [4.69, 9.17) is 0 Å². The van der Waals surface area contributed by atoms with Crippen molar-refractivity contribution in [2.45, 2.75) is 33.6 Å². The zero-order valence-electron chi connectivity index (χ0n) is 13.0. The number of aryl methyl sites for hydroxylation is 2. The van der Waals surface area contributed by atoms with Gasteiger partial charge in [0.2, 0.25) is 0 Å². The van der Waals surface area contributed by atoms with Gasteiger partial charge in [-0.15, -0.1) is 0 Å². The number of nitrogens with zero attached hydrogens (tertiary/aromatic N) is 2. The van der Waals surface area contributed by atoms with Crippen molar-refractivity contribution in [3.63, 3.8) is 0 Å². The van der Waals surface area contributed by atoms with Crippen LogP contribution in [0.5, 0.6) is 0 Å². The number of benzene rings is 1. The summed E-state index contributed by atoms with van der Waals surface area (Å²) in [5.74, 6) is 0.533. The van der Waals surface area contributed by atoms with Gasteiger partial charge >= 0.3 is 0 Å². The Hall–Kier alpha value is -2.22. The first-order valence-corrected chi connectivity index (χ1v) is 7.39. The summed E-state index contributed by atoms with van der Waals surface area (Å²) in [6.45, 7) is 8.56. The number of fused-ring (bicyclic) bond motifs is 1. The van der Waals surface area contributed by atoms with E-state index in [1.165, 1.54) is 21.9 Å². The van der Waals surface area contributed by atoms with Gasteiger partial charge in [-0.2, -0.15) is 0 Å². The van der Waals surface area contributed by atoms with Crippen LogP contribution >= 0.6 is 0 Å². The molecule has 2 heteroatoms. The monoisotopic (exact) mass is 276 g/mol. The van der Waals surface area contributed by atoms with Crippen molar-refractivity contribution < 1.29 is 0 Å². The van der Waals surface area contributed by atoms with Gasteiger partial charge < -0.3 is 0 Å². The quantitative estimate of drug-likeness (QED) is 0.655. The first-order chi connectivity index (χ1) is 10.0. The molecule has 0 radical (unpaired) electrons. The third kappa shape index (κ3) is 2.66. The molecule has 0 spiro atoms. The van der Waals surface area contributed by atoms with Gasteiger partial charge in [0.1, 0.15) is 0 Å². The predicted octanol–water partition coefficient (Wildman–Crippen LogP) is 5.04. The first-order valence-electron chi connectivity index (χ1n) is 7.39. The summed E-state index contributed by atoms with van der Waals surface area (Å²) in [7, 11) is 0. The van der Waals surface area contributed by atoms with Crippen molar-refractivity contribution in [2.75, 3.05) is 0 Å². The van der Waals surface area contributed by atoms with E-state index in [1.54, 1.807) is 0 Å². The number of pyridine rings is 2. The van der Waals surface area contributed by atoms with Crippen molar-refractivity contribution in [2.24, 2.45) is 0 Å². The highest BCUT2D eigenvalue weighted by molar-refractivity contribution is 5.94. The molecule has 3 aromatic rings. The van der Waals surface area contributed by atoms with Crippen molar-refractivity contribution >= 4 is 10.8 Å². The molecule has 0 aliphatic carbocycles. The Labute approximate surface area is 125 Å². The van der Waals surface area contributed by atoms with E-state index in [0.717, 1.165) is 17.1 Å². The van der Waals surface area contributed by atoms with Crippen LogP contribution in [-0.2, 0) is 0 Å². The molecule has 0 saturated carbocycles. The minimum Gasteiger partial charge on any atom is -0.254 e. The standard InChI is InChI=1S/C19H20N2/c1-12(2)15-5-6-17-16(11-15)7-8-20-19(17)18-10-13(3)9-14(4)21-18/h5-12H,1-4H3.